The number of nitrogens with one attached hydrogen (secondary N) is 3. The van der Waals surface area contributed by atoms with Crippen molar-refractivity contribution in [1.82, 2.24) is 5.32 Å². The lowest BCUT2D eigenvalue weighted by atomic mass is 10.1. The van der Waals surface area contributed by atoms with Crippen LogP contribution in [-0.4, -0.2) is 36.9 Å². The van der Waals surface area contributed by atoms with Crippen molar-refractivity contribution < 1.29 is 14.4 Å². The summed E-state index contributed by atoms with van der Waals surface area (Å²) >= 11 is 0. The van der Waals surface area contributed by atoms with Gasteiger partial charge in [-0.1, -0.05) is 38.0 Å². The van der Waals surface area contributed by atoms with Crippen LogP contribution in [0.3, 0.4) is 0 Å². The Morgan fingerprint density at radius 3 is 2.36 bits per heavy atom. The van der Waals surface area contributed by atoms with E-state index in [1.165, 1.54) is 19.8 Å². The predicted octanol–water partition coefficient (Wildman–Crippen LogP) is 4.10. The second kappa shape index (κ2) is 12.0. The van der Waals surface area contributed by atoms with Crippen molar-refractivity contribution in [2.45, 2.75) is 58.4 Å². The quantitative estimate of drug-likeness (QED) is 0.508. The summed E-state index contributed by atoms with van der Waals surface area (Å²) in [5, 5.41) is 8.60. The number of hydrogen-bond donors (Lipinski definition) is 3. The fourth-order valence-corrected chi connectivity index (χ4v) is 4.00. The number of nitrogens with zero attached hydrogens (tertiary/aromatic N) is 1. The summed E-state index contributed by atoms with van der Waals surface area (Å²) in [4.78, 5) is 39.1. The fourth-order valence-electron chi connectivity index (χ4n) is 4.00. The monoisotopic (exact) mass is 450 g/mol. The molecule has 0 aliphatic carbocycles. The van der Waals surface area contributed by atoms with Gasteiger partial charge < -0.3 is 20.9 Å². The maximum atomic E-state index is 13.0. The molecular formula is C26H34N4O3. The zero-order chi connectivity index (χ0) is 23.6. The third kappa shape index (κ3) is 7.63. The van der Waals surface area contributed by atoms with Crippen LogP contribution < -0.4 is 20.9 Å². The molecule has 3 rings (SSSR count). The lowest BCUT2D eigenvalue weighted by Crippen LogP contribution is -2.44. The Morgan fingerprint density at radius 2 is 1.70 bits per heavy atom. The van der Waals surface area contributed by atoms with Crippen molar-refractivity contribution in [3.8, 4) is 0 Å². The van der Waals surface area contributed by atoms with Gasteiger partial charge in [-0.15, -0.1) is 0 Å². The topological polar surface area (TPSA) is 90.5 Å². The molecule has 2 aromatic carbocycles. The Bertz CT molecular complexity index is 952. The predicted molar refractivity (Wildman–Crippen MR) is 132 cm³/mol. The molecule has 0 aromatic heterocycles. The highest BCUT2D eigenvalue weighted by Crippen LogP contribution is 2.23. The number of amides is 3. The minimum Gasteiger partial charge on any atom is -0.371 e. The van der Waals surface area contributed by atoms with Crippen molar-refractivity contribution in [3.05, 3.63) is 54.1 Å². The molecule has 2 aromatic rings. The SMILES string of the molecule is CCCCC(NC(=O)Cc1ccc(NC(C)=O)cc1)C(=O)Nc1cccc(N2CCCC2)c1. The van der Waals surface area contributed by atoms with E-state index in [0.717, 1.165) is 42.9 Å². The van der Waals surface area contributed by atoms with Gasteiger partial charge in [-0.25, -0.2) is 0 Å². The maximum Gasteiger partial charge on any atom is 0.246 e. The first-order valence-corrected chi connectivity index (χ1v) is 11.8. The molecule has 1 heterocycles. The molecule has 33 heavy (non-hydrogen) atoms. The zero-order valence-electron chi connectivity index (χ0n) is 19.5. The minimum absolute atomic E-state index is 0.142. The minimum atomic E-state index is -0.591. The molecule has 0 radical (unpaired) electrons. The molecule has 1 atom stereocenters. The van der Waals surface area contributed by atoms with Gasteiger partial charge in [0.1, 0.15) is 6.04 Å². The first-order chi connectivity index (χ1) is 15.9. The van der Waals surface area contributed by atoms with Crippen LogP contribution in [0.25, 0.3) is 0 Å². The maximum absolute atomic E-state index is 13.0. The average molecular weight is 451 g/mol. The van der Waals surface area contributed by atoms with E-state index in [4.69, 9.17) is 0 Å². The van der Waals surface area contributed by atoms with E-state index in [1.54, 1.807) is 24.3 Å². The van der Waals surface area contributed by atoms with Crippen molar-refractivity contribution >= 4 is 34.8 Å². The molecule has 3 amide bonds. The highest BCUT2D eigenvalue weighted by molar-refractivity contribution is 5.97. The molecule has 1 fully saturated rings. The third-order valence-electron chi connectivity index (χ3n) is 5.72. The first kappa shape index (κ1) is 24.3. The summed E-state index contributed by atoms with van der Waals surface area (Å²) in [5.41, 5.74) is 3.36. The molecular weight excluding hydrogens is 416 g/mol. The molecule has 1 saturated heterocycles. The van der Waals surface area contributed by atoms with Crippen molar-refractivity contribution in [2.75, 3.05) is 28.6 Å². The standard InChI is InChI=1S/C26H34N4O3/c1-3-4-10-24(29-25(32)17-20-11-13-21(14-12-20)27-19(2)31)26(33)28-22-8-7-9-23(18-22)30-15-5-6-16-30/h7-9,11-14,18,24H,3-6,10,15-17H2,1-2H3,(H,27,31)(H,28,33)(H,29,32). The van der Waals surface area contributed by atoms with Gasteiger partial charge in [0.15, 0.2) is 0 Å². The highest BCUT2D eigenvalue weighted by atomic mass is 16.2. The van der Waals surface area contributed by atoms with Gasteiger partial charge >= 0.3 is 0 Å². The second-order valence-corrected chi connectivity index (χ2v) is 8.55. The summed E-state index contributed by atoms with van der Waals surface area (Å²) in [6.07, 6.45) is 4.92. The molecule has 0 spiro atoms. The van der Waals surface area contributed by atoms with Crippen LogP contribution in [-0.2, 0) is 20.8 Å². The molecule has 1 unspecified atom stereocenters. The van der Waals surface area contributed by atoms with Crippen LogP contribution in [0.2, 0.25) is 0 Å². The normalized spacial score (nSPS) is 13.9. The Balaban J connectivity index is 1.60. The van der Waals surface area contributed by atoms with Gasteiger partial charge in [-0.3, -0.25) is 14.4 Å². The van der Waals surface area contributed by atoms with Gasteiger partial charge in [0, 0.05) is 37.1 Å². The molecule has 176 valence electrons. The molecule has 1 aliphatic heterocycles. The highest BCUT2D eigenvalue weighted by Gasteiger charge is 2.21. The van der Waals surface area contributed by atoms with Crippen LogP contribution >= 0.6 is 0 Å². The van der Waals surface area contributed by atoms with E-state index in [1.807, 2.05) is 18.2 Å². The van der Waals surface area contributed by atoms with Gasteiger partial charge in [0.2, 0.25) is 17.7 Å². The van der Waals surface area contributed by atoms with Crippen LogP contribution in [0.5, 0.6) is 0 Å². The summed E-state index contributed by atoms with van der Waals surface area (Å²) in [6, 6.07) is 14.4. The van der Waals surface area contributed by atoms with Crippen LogP contribution in [0, 0.1) is 0 Å². The van der Waals surface area contributed by atoms with Gasteiger partial charge in [-0.2, -0.15) is 0 Å². The van der Waals surface area contributed by atoms with Crippen molar-refractivity contribution in [1.29, 1.82) is 0 Å². The molecule has 3 N–H and O–H groups in total. The van der Waals surface area contributed by atoms with Gasteiger partial charge in [-0.05, 0) is 55.2 Å². The summed E-state index contributed by atoms with van der Waals surface area (Å²) < 4.78 is 0. The molecule has 1 aliphatic rings. The van der Waals surface area contributed by atoms with Crippen LogP contribution in [0.4, 0.5) is 17.1 Å². The van der Waals surface area contributed by atoms with Gasteiger partial charge in [0.05, 0.1) is 6.42 Å². The lowest BCUT2D eigenvalue weighted by Gasteiger charge is -2.21. The molecule has 0 bridgehead atoms. The lowest BCUT2D eigenvalue weighted by molar-refractivity contribution is -0.126. The van der Waals surface area contributed by atoms with Gasteiger partial charge in [0.25, 0.3) is 0 Å². The molecule has 7 heteroatoms. The van der Waals surface area contributed by atoms with E-state index in [9.17, 15) is 14.4 Å². The molecule has 7 nitrogen and oxygen atoms in total. The summed E-state index contributed by atoms with van der Waals surface area (Å²) in [5.74, 6) is -0.544. The number of benzene rings is 2. The smallest absolute Gasteiger partial charge is 0.246 e. The fraction of sp³-hybridized carbons (Fsp3) is 0.423. The number of unbranched alkanes of at least 4 members (excludes halogenated alkanes) is 1. The summed E-state index contributed by atoms with van der Waals surface area (Å²) in [6.45, 7) is 5.59. The van der Waals surface area contributed by atoms with E-state index < -0.39 is 6.04 Å². The van der Waals surface area contributed by atoms with Crippen LogP contribution in [0.15, 0.2) is 48.5 Å². The summed E-state index contributed by atoms with van der Waals surface area (Å²) in [7, 11) is 0. The Hall–Kier alpha value is -3.35. The van der Waals surface area contributed by atoms with E-state index in [2.05, 4.69) is 33.8 Å². The average Bonchev–Trinajstić information content (AvgIpc) is 3.33. The first-order valence-electron chi connectivity index (χ1n) is 11.8. The van der Waals surface area contributed by atoms with E-state index in [-0.39, 0.29) is 24.1 Å². The molecule has 0 saturated carbocycles. The van der Waals surface area contributed by atoms with Crippen molar-refractivity contribution in [2.24, 2.45) is 0 Å². The number of rotatable bonds is 10. The Morgan fingerprint density at radius 1 is 0.970 bits per heavy atom. The number of anilines is 3. The number of carbonyl (C=O) groups is 3. The number of carbonyl (C=O) groups excluding carboxylic acids is 3. The largest absolute Gasteiger partial charge is 0.371 e. The van der Waals surface area contributed by atoms with E-state index in [0.29, 0.717) is 12.1 Å². The Kier molecular flexibility index (Phi) is 8.87. The zero-order valence-corrected chi connectivity index (χ0v) is 19.5. The third-order valence-corrected chi connectivity index (χ3v) is 5.72. The Labute approximate surface area is 195 Å². The van der Waals surface area contributed by atoms with Crippen molar-refractivity contribution in [3.63, 3.8) is 0 Å². The van der Waals surface area contributed by atoms with E-state index >= 15 is 0 Å². The number of hydrogen-bond acceptors (Lipinski definition) is 4. The van der Waals surface area contributed by atoms with Crippen LogP contribution in [0.1, 0.15) is 51.5 Å². The second-order valence-electron chi connectivity index (χ2n) is 8.55.